The number of hydrogen-bond donors (Lipinski definition) is 2. The van der Waals surface area contributed by atoms with Gasteiger partial charge in [0.15, 0.2) is 16.7 Å². The van der Waals surface area contributed by atoms with Crippen molar-refractivity contribution in [2.24, 2.45) is 5.18 Å². The highest BCUT2D eigenvalue weighted by Gasteiger charge is 2.07. The number of thiocarbonyl (C=S) groups is 1. The third-order valence-corrected chi connectivity index (χ3v) is 2.25. The third-order valence-electron chi connectivity index (χ3n) is 1.96. The van der Waals surface area contributed by atoms with Crippen molar-refractivity contribution < 1.29 is 8.78 Å². The van der Waals surface area contributed by atoms with Crippen molar-refractivity contribution in [1.29, 1.82) is 0 Å². The molecule has 0 amide bonds. The predicted molar refractivity (Wildman–Crippen MR) is 64.5 cm³/mol. The van der Waals surface area contributed by atoms with Crippen LogP contribution in [0.5, 0.6) is 0 Å². The summed E-state index contributed by atoms with van der Waals surface area (Å²) in [6.07, 6.45) is 0. The van der Waals surface area contributed by atoms with Crippen LogP contribution in [0.4, 0.5) is 8.78 Å². The van der Waals surface area contributed by atoms with Gasteiger partial charge in [-0.2, -0.15) is 4.91 Å². The first-order valence-electron chi connectivity index (χ1n) is 4.89. The predicted octanol–water partition coefficient (Wildman–Crippen LogP) is 1.70. The molecule has 0 aromatic heterocycles. The maximum atomic E-state index is 13.2. The monoisotopic (exact) mass is 259 g/mol. The Hall–Kier alpha value is -1.63. The minimum atomic E-state index is -0.895. The van der Waals surface area contributed by atoms with Gasteiger partial charge in [0.25, 0.3) is 0 Å². The van der Waals surface area contributed by atoms with Gasteiger partial charge in [0, 0.05) is 18.7 Å². The van der Waals surface area contributed by atoms with Gasteiger partial charge in [0.1, 0.15) is 0 Å². The van der Waals surface area contributed by atoms with Crippen LogP contribution in [-0.2, 0) is 6.54 Å². The topological polar surface area (TPSA) is 53.5 Å². The van der Waals surface area contributed by atoms with E-state index in [0.717, 1.165) is 6.07 Å². The summed E-state index contributed by atoms with van der Waals surface area (Å²) < 4.78 is 26.1. The molecule has 7 heteroatoms. The number of rotatable bonds is 5. The number of hydrogen-bond acceptors (Lipinski definition) is 3. The molecule has 0 atom stereocenters. The van der Waals surface area contributed by atoms with E-state index in [4.69, 9.17) is 12.2 Å². The van der Waals surface area contributed by atoms with Gasteiger partial charge in [-0.25, -0.2) is 8.78 Å². The Balaban J connectivity index is 2.42. The molecule has 1 rings (SSSR count). The van der Waals surface area contributed by atoms with E-state index in [9.17, 15) is 13.7 Å². The van der Waals surface area contributed by atoms with Gasteiger partial charge in [0.2, 0.25) is 0 Å². The lowest BCUT2D eigenvalue weighted by molar-refractivity contribution is 0.497. The Morgan fingerprint density at radius 3 is 2.82 bits per heavy atom. The first-order valence-corrected chi connectivity index (χ1v) is 5.29. The van der Waals surface area contributed by atoms with Gasteiger partial charge >= 0.3 is 0 Å². The summed E-state index contributed by atoms with van der Waals surface area (Å²) in [5.74, 6) is -1.79. The van der Waals surface area contributed by atoms with Gasteiger partial charge < -0.3 is 10.6 Å². The fourth-order valence-corrected chi connectivity index (χ4v) is 1.31. The average Bonchev–Trinajstić information content (AvgIpc) is 2.31. The molecule has 0 aliphatic rings. The molecule has 92 valence electrons. The molecule has 1 aromatic carbocycles. The molecule has 1 aromatic rings. The third kappa shape index (κ3) is 4.39. The van der Waals surface area contributed by atoms with Gasteiger partial charge in [0.05, 0.1) is 6.54 Å². The summed E-state index contributed by atoms with van der Waals surface area (Å²) in [6, 6.07) is 3.92. The number of nitrogens with zero attached hydrogens (tertiary/aromatic N) is 1. The molecule has 0 aliphatic heterocycles. The highest BCUT2D eigenvalue weighted by Crippen LogP contribution is 2.10. The average molecular weight is 259 g/mol. The maximum absolute atomic E-state index is 13.2. The minimum absolute atomic E-state index is 0.0734. The highest BCUT2D eigenvalue weighted by molar-refractivity contribution is 7.80. The normalized spacial score (nSPS) is 9.76. The van der Waals surface area contributed by atoms with Crippen LogP contribution in [0, 0.1) is 16.5 Å². The Bertz CT molecular complexity index is 415. The summed E-state index contributed by atoms with van der Waals surface area (Å²) in [7, 11) is 0. The quantitative estimate of drug-likeness (QED) is 0.480. The van der Waals surface area contributed by atoms with Gasteiger partial charge in [-0.1, -0.05) is 17.3 Å². The first-order chi connectivity index (χ1) is 8.15. The smallest absolute Gasteiger partial charge is 0.166 e. The van der Waals surface area contributed by atoms with E-state index in [1.165, 1.54) is 12.1 Å². The second-order valence-corrected chi connectivity index (χ2v) is 3.58. The second kappa shape index (κ2) is 6.85. The maximum Gasteiger partial charge on any atom is 0.166 e. The fraction of sp³-hybridized carbons (Fsp3) is 0.300. The van der Waals surface area contributed by atoms with E-state index >= 15 is 0 Å². The van der Waals surface area contributed by atoms with Crippen LogP contribution in [-0.4, -0.2) is 18.2 Å². The lowest BCUT2D eigenvalue weighted by atomic mass is 10.2. The SMILES string of the molecule is O=NCCNC(=S)NCc1cccc(F)c1F. The van der Waals surface area contributed by atoms with Crippen LogP contribution in [0.15, 0.2) is 23.4 Å². The molecule has 17 heavy (non-hydrogen) atoms. The molecular weight excluding hydrogens is 248 g/mol. The molecule has 4 nitrogen and oxygen atoms in total. The lowest BCUT2D eigenvalue weighted by Gasteiger charge is -2.09. The largest absolute Gasteiger partial charge is 0.361 e. The summed E-state index contributed by atoms with van der Waals surface area (Å²) in [5.41, 5.74) is 0.183. The molecule has 0 saturated heterocycles. The van der Waals surface area contributed by atoms with Crippen molar-refractivity contribution >= 4 is 17.3 Å². The van der Waals surface area contributed by atoms with E-state index in [-0.39, 0.29) is 23.8 Å². The Kier molecular flexibility index (Phi) is 5.41. The molecule has 0 radical (unpaired) electrons. The van der Waals surface area contributed by atoms with E-state index in [1.54, 1.807) is 0 Å². The van der Waals surface area contributed by atoms with Gasteiger partial charge in [-0.15, -0.1) is 0 Å². The zero-order valence-electron chi connectivity index (χ0n) is 8.87. The highest BCUT2D eigenvalue weighted by atomic mass is 32.1. The van der Waals surface area contributed by atoms with Gasteiger partial charge in [-0.05, 0) is 18.3 Å². The van der Waals surface area contributed by atoms with Gasteiger partial charge in [-0.3, -0.25) is 0 Å². The van der Waals surface area contributed by atoms with Crippen molar-refractivity contribution in [2.75, 3.05) is 13.1 Å². The van der Waals surface area contributed by atoms with E-state index in [1.807, 2.05) is 0 Å². The summed E-state index contributed by atoms with van der Waals surface area (Å²) in [6.45, 7) is 0.473. The second-order valence-electron chi connectivity index (χ2n) is 3.18. The number of nitroso groups, excluding NO2 is 1. The molecular formula is C10H11F2N3OS. The number of nitrogens with one attached hydrogen (secondary N) is 2. The van der Waals surface area contributed by atoms with Crippen LogP contribution >= 0.6 is 12.2 Å². The van der Waals surface area contributed by atoms with Crippen molar-refractivity contribution in [3.63, 3.8) is 0 Å². The molecule has 0 fully saturated rings. The van der Waals surface area contributed by atoms with E-state index < -0.39 is 11.6 Å². The molecule has 0 heterocycles. The molecule has 0 aliphatic carbocycles. The van der Waals surface area contributed by atoms with Crippen molar-refractivity contribution in [3.05, 3.63) is 40.3 Å². The van der Waals surface area contributed by atoms with E-state index in [2.05, 4.69) is 15.8 Å². The summed E-state index contributed by atoms with van der Waals surface area (Å²) in [5, 5.41) is 8.30. The fourth-order valence-electron chi connectivity index (χ4n) is 1.14. The zero-order valence-corrected chi connectivity index (χ0v) is 9.69. The van der Waals surface area contributed by atoms with Crippen LogP contribution < -0.4 is 10.6 Å². The zero-order chi connectivity index (χ0) is 12.7. The Morgan fingerprint density at radius 2 is 2.12 bits per heavy atom. The summed E-state index contributed by atoms with van der Waals surface area (Å²) in [4.78, 5) is 9.80. The van der Waals surface area contributed by atoms with Crippen LogP contribution in [0.2, 0.25) is 0 Å². The van der Waals surface area contributed by atoms with Crippen molar-refractivity contribution in [2.45, 2.75) is 6.54 Å². The summed E-state index contributed by atoms with van der Waals surface area (Å²) >= 11 is 4.86. The van der Waals surface area contributed by atoms with Crippen molar-refractivity contribution in [1.82, 2.24) is 10.6 Å². The number of halogens is 2. The molecule has 2 N–H and O–H groups in total. The Morgan fingerprint density at radius 1 is 1.35 bits per heavy atom. The van der Waals surface area contributed by atoms with E-state index in [0.29, 0.717) is 6.54 Å². The van der Waals surface area contributed by atoms with Crippen LogP contribution in [0.3, 0.4) is 0 Å². The standard InChI is InChI=1S/C10H11F2N3OS/c11-8-3-1-2-7(9(8)12)6-14-10(17)13-4-5-15-16/h1-3H,4-6H2,(H2,13,14,17). The first kappa shape index (κ1) is 13.4. The molecule has 0 saturated carbocycles. The lowest BCUT2D eigenvalue weighted by Crippen LogP contribution is -2.36. The number of benzene rings is 1. The van der Waals surface area contributed by atoms with Crippen LogP contribution in [0.25, 0.3) is 0 Å². The molecule has 0 spiro atoms. The molecule has 0 bridgehead atoms. The minimum Gasteiger partial charge on any atom is -0.361 e. The van der Waals surface area contributed by atoms with Crippen LogP contribution in [0.1, 0.15) is 5.56 Å². The van der Waals surface area contributed by atoms with Crippen molar-refractivity contribution in [3.8, 4) is 0 Å². The molecule has 0 unspecified atom stereocenters. The Labute approximate surface area is 102 Å².